The molecule has 1 aliphatic carbocycles. The molecule has 1 unspecified atom stereocenters. The van der Waals surface area contributed by atoms with Crippen LogP contribution in [0, 0.1) is 0 Å². The molecule has 0 saturated heterocycles. The number of aryl methyl sites for hydroxylation is 1. The SMILES string of the molecule is CC(C)(C)OC(=O)NCCCNC1CCCc2ccccc21. The second kappa shape index (κ2) is 7.63. The lowest BCUT2D eigenvalue weighted by atomic mass is 9.88. The van der Waals surface area contributed by atoms with Crippen LogP contribution in [0.3, 0.4) is 0 Å². The van der Waals surface area contributed by atoms with Crippen molar-refractivity contribution in [3.63, 3.8) is 0 Å². The second-order valence-electron chi connectivity index (χ2n) is 6.88. The van der Waals surface area contributed by atoms with Crippen molar-refractivity contribution in [1.82, 2.24) is 10.6 Å². The van der Waals surface area contributed by atoms with Gasteiger partial charge in [0.05, 0.1) is 0 Å². The van der Waals surface area contributed by atoms with Crippen molar-refractivity contribution in [3.05, 3.63) is 35.4 Å². The van der Waals surface area contributed by atoms with Gasteiger partial charge in [-0.15, -0.1) is 0 Å². The Hall–Kier alpha value is -1.55. The van der Waals surface area contributed by atoms with Crippen LogP contribution < -0.4 is 10.6 Å². The zero-order valence-corrected chi connectivity index (χ0v) is 13.9. The van der Waals surface area contributed by atoms with Gasteiger partial charge in [0, 0.05) is 12.6 Å². The summed E-state index contributed by atoms with van der Waals surface area (Å²) < 4.78 is 5.21. The van der Waals surface area contributed by atoms with Gasteiger partial charge in [-0.3, -0.25) is 0 Å². The fourth-order valence-corrected chi connectivity index (χ4v) is 2.84. The van der Waals surface area contributed by atoms with Crippen molar-refractivity contribution in [2.45, 2.75) is 58.1 Å². The van der Waals surface area contributed by atoms with E-state index in [1.807, 2.05) is 20.8 Å². The third kappa shape index (κ3) is 5.34. The molecule has 0 aliphatic heterocycles. The van der Waals surface area contributed by atoms with Gasteiger partial charge in [0.1, 0.15) is 5.60 Å². The average molecular weight is 304 g/mol. The molecular weight excluding hydrogens is 276 g/mol. The van der Waals surface area contributed by atoms with E-state index < -0.39 is 5.60 Å². The molecule has 4 nitrogen and oxygen atoms in total. The standard InChI is InChI=1S/C18H28N2O2/c1-18(2,3)22-17(21)20-13-7-12-19-16-11-6-9-14-8-4-5-10-15(14)16/h4-5,8,10,16,19H,6-7,9,11-13H2,1-3H3,(H,20,21). The molecule has 0 bridgehead atoms. The largest absolute Gasteiger partial charge is 0.444 e. The molecule has 0 heterocycles. The van der Waals surface area contributed by atoms with Gasteiger partial charge < -0.3 is 15.4 Å². The first-order valence-electron chi connectivity index (χ1n) is 8.24. The molecule has 0 saturated carbocycles. The Kier molecular flexibility index (Phi) is 5.83. The molecule has 2 N–H and O–H groups in total. The topological polar surface area (TPSA) is 50.4 Å². The van der Waals surface area contributed by atoms with E-state index in [0.717, 1.165) is 13.0 Å². The van der Waals surface area contributed by atoms with Crippen molar-refractivity contribution >= 4 is 6.09 Å². The van der Waals surface area contributed by atoms with E-state index in [9.17, 15) is 4.79 Å². The normalized spacial score (nSPS) is 17.7. The van der Waals surface area contributed by atoms with Crippen molar-refractivity contribution in [2.75, 3.05) is 13.1 Å². The molecule has 2 rings (SSSR count). The monoisotopic (exact) mass is 304 g/mol. The quantitative estimate of drug-likeness (QED) is 0.818. The Morgan fingerprint density at radius 1 is 1.27 bits per heavy atom. The van der Waals surface area contributed by atoms with Crippen LogP contribution in [-0.4, -0.2) is 24.8 Å². The first kappa shape index (κ1) is 16.8. The third-order valence-corrected chi connectivity index (χ3v) is 3.78. The molecule has 1 aromatic rings. The van der Waals surface area contributed by atoms with Gasteiger partial charge in [-0.25, -0.2) is 4.79 Å². The van der Waals surface area contributed by atoms with Crippen LogP contribution in [-0.2, 0) is 11.2 Å². The fourth-order valence-electron chi connectivity index (χ4n) is 2.84. The first-order chi connectivity index (χ1) is 10.5. The minimum absolute atomic E-state index is 0.337. The number of rotatable bonds is 5. The number of nitrogens with one attached hydrogen (secondary N) is 2. The number of carbonyl (C=O) groups excluding carboxylic acids is 1. The number of fused-ring (bicyclic) bond motifs is 1. The zero-order chi connectivity index (χ0) is 16.0. The summed E-state index contributed by atoms with van der Waals surface area (Å²) in [5.74, 6) is 0. The Balaban J connectivity index is 1.67. The van der Waals surface area contributed by atoms with Crippen LogP contribution in [0.5, 0.6) is 0 Å². The summed E-state index contributed by atoms with van der Waals surface area (Å²) in [6.07, 6.45) is 4.18. The highest BCUT2D eigenvalue weighted by atomic mass is 16.6. The van der Waals surface area contributed by atoms with Crippen molar-refractivity contribution < 1.29 is 9.53 Å². The molecular formula is C18H28N2O2. The molecule has 1 amide bonds. The number of hydrogen-bond donors (Lipinski definition) is 2. The fraction of sp³-hybridized carbons (Fsp3) is 0.611. The predicted molar refractivity (Wildman–Crippen MR) is 89.0 cm³/mol. The van der Waals surface area contributed by atoms with E-state index in [1.54, 1.807) is 0 Å². The van der Waals surface area contributed by atoms with Gasteiger partial charge in [-0.05, 0) is 64.1 Å². The molecule has 0 spiro atoms. The highest BCUT2D eigenvalue weighted by molar-refractivity contribution is 5.67. The van der Waals surface area contributed by atoms with Crippen LogP contribution in [0.1, 0.15) is 57.2 Å². The summed E-state index contributed by atoms with van der Waals surface area (Å²) in [5.41, 5.74) is 2.47. The minimum Gasteiger partial charge on any atom is -0.444 e. The molecule has 0 aromatic heterocycles. The van der Waals surface area contributed by atoms with Crippen LogP contribution in [0.2, 0.25) is 0 Å². The van der Waals surface area contributed by atoms with Crippen molar-refractivity contribution in [2.24, 2.45) is 0 Å². The molecule has 122 valence electrons. The predicted octanol–water partition coefficient (Wildman–Crippen LogP) is 3.57. The van der Waals surface area contributed by atoms with Crippen LogP contribution in [0.15, 0.2) is 24.3 Å². The molecule has 0 radical (unpaired) electrons. The number of ether oxygens (including phenoxy) is 1. The lowest BCUT2D eigenvalue weighted by Gasteiger charge is -2.26. The summed E-state index contributed by atoms with van der Waals surface area (Å²) in [7, 11) is 0. The summed E-state index contributed by atoms with van der Waals surface area (Å²) in [4.78, 5) is 11.5. The van der Waals surface area contributed by atoms with Gasteiger partial charge in [-0.1, -0.05) is 24.3 Å². The molecule has 0 fully saturated rings. The van der Waals surface area contributed by atoms with E-state index in [-0.39, 0.29) is 6.09 Å². The van der Waals surface area contributed by atoms with Gasteiger partial charge in [0.25, 0.3) is 0 Å². The molecule has 1 atom stereocenters. The molecule has 1 aromatic carbocycles. The highest BCUT2D eigenvalue weighted by Gasteiger charge is 2.19. The highest BCUT2D eigenvalue weighted by Crippen LogP contribution is 2.29. The number of carbonyl (C=O) groups is 1. The minimum atomic E-state index is -0.436. The zero-order valence-electron chi connectivity index (χ0n) is 13.9. The van der Waals surface area contributed by atoms with Crippen LogP contribution in [0.4, 0.5) is 4.79 Å². The average Bonchev–Trinajstić information content (AvgIpc) is 2.45. The van der Waals surface area contributed by atoms with Crippen LogP contribution in [0.25, 0.3) is 0 Å². The van der Waals surface area contributed by atoms with E-state index >= 15 is 0 Å². The number of benzene rings is 1. The molecule has 1 aliphatic rings. The number of alkyl carbamates (subject to hydrolysis) is 1. The van der Waals surface area contributed by atoms with E-state index in [1.165, 1.54) is 30.4 Å². The third-order valence-electron chi connectivity index (χ3n) is 3.78. The van der Waals surface area contributed by atoms with Gasteiger partial charge in [0.15, 0.2) is 0 Å². The van der Waals surface area contributed by atoms with E-state index in [4.69, 9.17) is 4.74 Å². The van der Waals surface area contributed by atoms with Gasteiger partial charge >= 0.3 is 6.09 Å². The summed E-state index contributed by atoms with van der Waals surface area (Å²) in [5, 5.41) is 6.40. The van der Waals surface area contributed by atoms with Gasteiger partial charge in [0.2, 0.25) is 0 Å². The Morgan fingerprint density at radius 2 is 2.05 bits per heavy atom. The summed E-state index contributed by atoms with van der Waals surface area (Å²) in [6, 6.07) is 9.14. The van der Waals surface area contributed by atoms with Crippen molar-refractivity contribution in [3.8, 4) is 0 Å². The molecule has 4 heteroatoms. The summed E-state index contributed by atoms with van der Waals surface area (Å²) in [6.45, 7) is 7.14. The van der Waals surface area contributed by atoms with E-state index in [2.05, 4.69) is 34.9 Å². The lowest BCUT2D eigenvalue weighted by Crippen LogP contribution is -2.34. The number of hydrogen-bond acceptors (Lipinski definition) is 3. The van der Waals surface area contributed by atoms with Crippen molar-refractivity contribution in [1.29, 1.82) is 0 Å². The van der Waals surface area contributed by atoms with Crippen LogP contribution >= 0.6 is 0 Å². The second-order valence-corrected chi connectivity index (χ2v) is 6.88. The smallest absolute Gasteiger partial charge is 0.407 e. The maximum atomic E-state index is 11.5. The maximum absolute atomic E-state index is 11.5. The Labute approximate surface area is 133 Å². The Morgan fingerprint density at radius 3 is 2.82 bits per heavy atom. The van der Waals surface area contributed by atoms with E-state index in [0.29, 0.717) is 12.6 Å². The first-order valence-corrected chi connectivity index (χ1v) is 8.24. The van der Waals surface area contributed by atoms with Gasteiger partial charge in [-0.2, -0.15) is 0 Å². The lowest BCUT2D eigenvalue weighted by molar-refractivity contribution is 0.0527. The number of amides is 1. The molecule has 22 heavy (non-hydrogen) atoms. The Bertz CT molecular complexity index is 494. The summed E-state index contributed by atoms with van der Waals surface area (Å²) >= 11 is 0. The maximum Gasteiger partial charge on any atom is 0.407 e.